The van der Waals surface area contributed by atoms with Gasteiger partial charge in [-0.3, -0.25) is 4.98 Å². The Morgan fingerprint density at radius 2 is 1.37 bits per heavy atom. The average molecular weight is 301 g/mol. The molecule has 0 aliphatic heterocycles. The number of rotatable bonds is 3. The highest BCUT2D eigenvalue weighted by atomic mass is 35.5. The van der Waals surface area contributed by atoms with Gasteiger partial charge in [0.1, 0.15) is 6.10 Å². The van der Waals surface area contributed by atoms with Crippen molar-refractivity contribution in [3.8, 4) is 0 Å². The molecule has 19 heavy (non-hydrogen) atoms. The van der Waals surface area contributed by atoms with E-state index >= 15 is 0 Å². The van der Waals surface area contributed by atoms with Crippen molar-refractivity contribution in [3.05, 3.63) is 59.9 Å². The number of hydrogen-bond donors (Lipinski definition) is 1. The third-order valence-corrected chi connectivity index (χ3v) is 2.75. The first kappa shape index (κ1) is 17.7. The molecule has 0 aliphatic carbocycles. The van der Waals surface area contributed by atoms with Crippen LogP contribution in [0.4, 0.5) is 5.69 Å². The largest absolute Gasteiger partial charge is 0.384 e. The van der Waals surface area contributed by atoms with Crippen molar-refractivity contribution < 1.29 is 5.11 Å². The number of hydrogen-bond acceptors (Lipinski definition) is 3. The van der Waals surface area contributed by atoms with Crippen LogP contribution < -0.4 is 4.90 Å². The lowest BCUT2D eigenvalue weighted by Crippen LogP contribution is -2.08. The first-order chi connectivity index (χ1) is 8.18. The van der Waals surface area contributed by atoms with E-state index < -0.39 is 6.10 Å². The van der Waals surface area contributed by atoms with E-state index in [1.54, 1.807) is 12.4 Å². The van der Waals surface area contributed by atoms with Crippen LogP contribution in [-0.2, 0) is 0 Å². The minimum absolute atomic E-state index is 0. The van der Waals surface area contributed by atoms with E-state index in [1.165, 1.54) is 0 Å². The Bertz CT molecular complexity index is 475. The topological polar surface area (TPSA) is 36.4 Å². The Labute approximate surface area is 126 Å². The second kappa shape index (κ2) is 8.00. The molecular formula is C14H18Cl2N2O. The molecule has 1 unspecified atom stereocenters. The third-order valence-electron chi connectivity index (χ3n) is 2.75. The summed E-state index contributed by atoms with van der Waals surface area (Å²) < 4.78 is 0. The van der Waals surface area contributed by atoms with Gasteiger partial charge in [-0.25, -0.2) is 0 Å². The van der Waals surface area contributed by atoms with Gasteiger partial charge in [-0.2, -0.15) is 0 Å². The summed E-state index contributed by atoms with van der Waals surface area (Å²) in [6, 6.07) is 11.5. The minimum atomic E-state index is -0.589. The Hall–Kier alpha value is -1.29. The Kier molecular flexibility index (Phi) is 7.45. The van der Waals surface area contributed by atoms with Crippen LogP contribution in [0.15, 0.2) is 48.8 Å². The van der Waals surface area contributed by atoms with Gasteiger partial charge < -0.3 is 10.0 Å². The van der Waals surface area contributed by atoms with Crippen LogP contribution in [0.1, 0.15) is 17.2 Å². The average Bonchev–Trinajstić information content (AvgIpc) is 2.39. The SMILES string of the molecule is CN(C)c1ccc(C(O)c2ccncc2)cc1.Cl.Cl. The van der Waals surface area contributed by atoms with Crippen molar-refractivity contribution in [2.24, 2.45) is 0 Å². The molecule has 0 amide bonds. The molecule has 1 atom stereocenters. The number of nitrogens with zero attached hydrogens (tertiary/aromatic N) is 2. The zero-order chi connectivity index (χ0) is 12.3. The van der Waals surface area contributed by atoms with Crippen LogP contribution in [0.2, 0.25) is 0 Å². The number of pyridine rings is 1. The summed E-state index contributed by atoms with van der Waals surface area (Å²) in [6.45, 7) is 0. The molecule has 5 heteroatoms. The van der Waals surface area contributed by atoms with Gasteiger partial charge in [0.05, 0.1) is 0 Å². The van der Waals surface area contributed by atoms with Gasteiger partial charge in [0, 0.05) is 32.2 Å². The minimum Gasteiger partial charge on any atom is -0.384 e. The zero-order valence-corrected chi connectivity index (χ0v) is 12.5. The van der Waals surface area contributed by atoms with Gasteiger partial charge in [-0.15, -0.1) is 24.8 Å². The highest BCUT2D eigenvalue weighted by Gasteiger charge is 2.09. The highest BCUT2D eigenvalue weighted by Crippen LogP contribution is 2.23. The summed E-state index contributed by atoms with van der Waals surface area (Å²) in [4.78, 5) is 5.97. The Morgan fingerprint density at radius 3 is 1.84 bits per heavy atom. The monoisotopic (exact) mass is 300 g/mol. The first-order valence-electron chi connectivity index (χ1n) is 5.54. The second-order valence-electron chi connectivity index (χ2n) is 4.17. The number of aliphatic hydroxyl groups excluding tert-OH is 1. The van der Waals surface area contributed by atoms with E-state index in [0.717, 1.165) is 16.8 Å². The summed E-state index contributed by atoms with van der Waals surface area (Å²) in [5.41, 5.74) is 2.87. The van der Waals surface area contributed by atoms with Crippen LogP contribution in [0.3, 0.4) is 0 Å². The molecular weight excluding hydrogens is 283 g/mol. The van der Waals surface area contributed by atoms with Crippen molar-refractivity contribution in [2.75, 3.05) is 19.0 Å². The predicted octanol–water partition coefficient (Wildman–Crippen LogP) is 3.07. The van der Waals surface area contributed by atoms with Gasteiger partial charge in [-0.05, 0) is 35.4 Å². The van der Waals surface area contributed by atoms with E-state index in [1.807, 2.05) is 55.4 Å². The molecule has 0 aliphatic rings. The van der Waals surface area contributed by atoms with E-state index in [-0.39, 0.29) is 24.8 Å². The molecule has 0 fully saturated rings. The van der Waals surface area contributed by atoms with Crippen LogP contribution in [0, 0.1) is 0 Å². The molecule has 0 radical (unpaired) electrons. The number of benzene rings is 1. The molecule has 1 N–H and O–H groups in total. The van der Waals surface area contributed by atoms with Crippen LogP contribution >= 0.6 is 24.8 Å². The van der Waals surface area contributed by atoms with E-state index in [0.29, 0.717) is 0 Å². The fraction of sp³-hybridized carbons (Fsp3) is 0.214. The lowest BCUT2D eigenvalue weighted by molar-refractivity contribution is 0.220. The fourth-order valence-corrected chi connectivity index (χ4v) is 1.69. The maximum absolute atomic E-state index is 10.2. The maximum atomic E-state index is 10.2. The number of aliphatic hydroxyl groups is 1. The zero-order valence-electron chi connectivity index (χ0n) is 10.9. The molecule has 3 nitrogen and oxygen atoms in total. The van der Waals surface area contributed by atoms with E-state index in [4.69, 9.17) is 0 Å². The third kappa shape index (κ3) is 4.39. The number of anilines is 1. The summed E-state index contributed by atoms with van der Waals surface area (Å²) in [7, 11) is 3.99. The molecule has 1 aromatic heterocycles. The lowest BCUT2D eigenvalue weighted by Gasteiger charge is -2.15. The van der Waals surface area contributed by atoms with Crippen LogP contribution in [0.5, 0.6) is 0 Å². The van der Waals surface area contributed by atoms with Crippen molar-refractivity contribution >= 4 is 30.5 Å². The highest BCUT2D eigenvalue weighted by molar-refractivity contribution is 5.85. The van der Waals surface area contributed by atoms with Gasteiger partial charge in [0.25, 0.3) is 0 Å². The van der Waals surface area contributed by atoms with Crippen molar-refractivity contribution in [2.45, 2.75) is 6.10 Å². The lowest BCUT2D eigenvalue weighted by atomic mass is 10.0. The van der Waals surface area contributed by atoms with Crippen molar-refractivity contribution in [3.63, 3.8) is 0 Å². The normalized spacial score (nSPS) is 10.9. The first-order valence-corrected chi connectivity index (χ1v) is 5.54. The van der Waals surface area contributed by atoms with Gasteiger partial charge >= 0.3 is 0 Å². The smallest absolute Gasteiger partial charge is 0.104 e. The molecule has 1 heterocycles. The molecule has 104 valence electrons. The molecule has 2 rings (SSSR count). The van der Waals surface area contributed by atoms with Gasteiger partial charge in [0.2, 0.25) is 0 Å². The van der Waals surface area contributed by atoms with E-state index in [9.17, 15) is 5.11 Å². The molecule has 0 spiro atoms. The Morgan fingerprint density at radius 1 is 0.895 bits per heavy atom. The number of halogens is 2. The second-order valence-corrected chi connectivity index (χ2v) is 4.17. The van der Waals surface area contributed by atoms with Crippen LogP contribution in [0.25, 0.3) is 0 Å². The molecule has 1 aromatic carbocycles. The summed E-state index contributed by atoms with van der Waals surface area (Å²) in [5.74, 6) is 0. The summed E-state index contributed by atoms with van der Waals surface area (Å²) >= 11 is 0. The molecule has 0 saturated carbocycles. The summed E-state index contributed by atoms with van der Waals surface area (Å²) in [5, 5.41) is 10.2. The summed E-state index contributed by atoms with van der Waals surface area (Å²) in [6.07, 6.45) is 2.79. The van der Waals surface area contributed by atoms with Crippen molar-refractivity contribution in [1.29, 1.82) is 0 Å². The Balaban J connectivity index is 0.00000162. The standard InChI is InChI=1S/C14H16N2O.2ClH/c1-16(2)13-5-3-11(4-6-13)14(17)12-7-9-15-10-8-12;;/h3-10,14,17H,1-2H3;2*1H. The molecule has 2 aromatic rings. The molecule has 0 bridgehead atoms. The quantitative estimate of drug-likeness (QED) is 0.946. The molecule has 0 saturated heterocycles. The van der Waals surface area contributed by atoms with Gasteiger partial charge in [0.15, 0.2) is 0 Å². The van der Waals surface area contributed by atoms with Crippen molar-refractivity contribution in [1.82, 2.24) is 4.98 Å². The van der Waals surface area contributed by atoms with Gasteiger partial charge in [-0.1, -0.05) is 12.1 Å². The maximum Gasteiger partial charge on any atom is 0.104 e. The van der Waals surface area contributed by atoms with E-state index in [2.05, 4.69) is 4.98 Å². The predicted molar refractivity (Wildman–Crippen MR) is 83.6 cm³/mol. The fourth-order valence-electron chi connectivity index (χ4n) is 1.69. The van der Waals surface area contributed by atoms with Crippen LogP contribution in [-0.4, -0.2) is 24.2 Å². The number of aromatic nitrogens is 1.